The number of benzene rings is 3. The summed E-state index contributed by atoms with van der Waals surface area (Å²) in [5.74, 6) is -0.350. The lowest BCUT2D eigenvalue weighted by Crippen LogP contribution is -2.13. The fraction of sp³-hybridized carbons (Fsp3) is 0.0476. The van der Waals surface area contributed by atoms with Gasteiger partial charge in [0.25, 0.3) is 5.91 Å². The molecule has 0 aromatic heterocycles. The van der Waals surface area contributed by atoms with Crippen LogP contribution < -0.4 is 10.6 Å². The predicted molar refractivity (Wildman–Crippen MR) is 101 cm³/mol. The fourth-order valence-corrected chi connectivity index (χ4v) is 2.63. The zero-order valence-corrected chi connectivity index (χ0v) is 13.8. The zero-order chi connectivity index (χ0) is 17.6. The molecule has 0 aliphatic heterocycles. The first kappa shape index (κ1) is 16.5. The van der Waals surface area contributed by atoms with Crippen LogP contribution in [0, 0.1) is 0 Å². The molecule has 0 spiro atoms. The normalized spacial score (nSPS) is 10.1. The highest BCUT2D eigenvalue weighted by atomic mass is 16.2. The maximum absolute atomic E-state index is 12.7. The molecule has 3 aromatic carbocycles. The van der Waals surface area contributed by atoms with Crippen LogP contribution in [0.15, 0.2) is 78.9 Å². The quantitative estimate of drug-likeness (QED) is 0.736. The summed E-state index contributed by atoms with van der Waals surface area (Å²) in [5, 5.41) is 5.60. The largest absolute Gasteiger partial charge is 0.326 e. The van der Waals surface area contributed by atoms with E-state index in [4.69, 9.17) is 0 Å². The molecule has 0 fully saturated rings. The molecule has 3 aromatic rings. The van der Waals surface area contributed by atoms with Gasteiger partial charge in [-0.1, -0.05) is 54.6 Å². The molecule has 124 valence electrons. The highest BCUT2D eigenvalue weighted by Gasteiger charge is 2.12. The van der Waals surface area contributed by atoms with Gasteiger partial charge in [-0.25, -0.2) is 0 Å². The first-order valence-electron chi connectivity index (χ1n) is 7.97. The molecule has 0 aliphatic rings. The third kappa shape index (κ3) is 4.12. The van der Waals surface area contributed by atoms with E-state index < -0.39 is 0 Å². The minimum atomic E-state index is -0.195. The molecule has 0 aliphatic carbocycles. The Morgan fingerprint density at radius 3 is 2.08 bits per heavy atom. The van der Waals surface area contributed by atoms with Crippen molar-refractivity contribution in [2.45, 2.75) is 6.92 Å². The van der Waals surface area contributed by atoms with Crippen LogP contribution in [0.4, 0.5) is 11.4 Å². The summed E-state index contributed by atoms with van der Waals surface area (Å²) in [4.78, 5) is 23.9. The van der Waals surface area contributed by atoms with Crippen molar-refractivity contribution in [3.8, 4) is 11.1 Å². The lowest BCUT2D eigenvalue weighted by molar-refractivity contribution is -0.114. The van der Waals surface area contributed by atoms with Crippen LogP contribution in [-0.4, -0.2) is 11.8 Å². The van der Waals surface area contributed by atoms with Crippen LogP contribution in [0.1, 0.15) is 17.3 Å². The van der Waals surface area contributed by atoms with E-state index >= 15 is 0 Å². The van der Waals surface area contributed by atoms with E-state index in [-0.39, 0.29) is 11.8 Å². The van der Waals surface area contributed by atoms with E-state index in [1.165, 1.54) is 6.92 Å². The van der Waals surface area contributed by atoms with Crippen molar-refractivity contribution in [1.82, 2.24) is 0 Å². The van der Waals surface area contributed by atoms with Crippen molar-refractivity contribution in [3.05, 3.63) is 84.4 Å². The Hall–Kier alpha value is -3.40. The number of amides is 2. The lowest BCUT2D eigenvalue weighted by atomic mass is 9.99. The second-order valence-corrected chi connectivity index (χ2v) is 5.63. The van der Waals surface area contributed by atoms with Crippen LogP contribution in [0.25, 0.3) is 11.1 Å². The monoisotopic (exact) mass is 330 g/mol. The molecular formula is C21H18N2O2. The van der Waals surface area contributed by atoms with Crippen molar-refractivity contribution in [1.29, 1.82) is 0 Å². The van der Waals surface area contributed by atoms with Crippen molar-refractivity contribution in [3.63, 3.8) is 0 Å². The van der Waals surface area contributed by atoms with E-state index in [1.807, 2.05) is 48.5 Å². The Labute approximate surface area is 146 Å². The average molecular weight is 330 g/mol. The van der Waals surface area contributed by atoms with Crippen molar-refractivity contribution >= 4 is 23.2 Å². The van der Waals surface area contributed by atoms with Crippen LogP contribution >= 0.6 is 0 Å². The summed E-state index contributed by atoms with van der Waals surface area (Å²) in [6, 6.07) is 24.3. The van der Waals surface area contributed by atoms with E-state index in [9.17, 15) is 9.59 Å². The SMILES string of the molecule is CC(=O)Nc1cccc(NC(=O)c2ccccc2-c2ccccc2)c1. The fourth-order valence-electron chi connectivity index (χ4n) is 2.63. The first-order valence-corrected chi connectivity index (χ1v) is 7.97. The van der Waals surface area contributed by atoms with Gasteiger partial charge in [0.1, 0.15) is 0 Å². The summed E-state index contributed by atoms with van der Waals surface area (Å²) < 4.78 is 0. The van der Waals surface area contributed by atoms with Gasteiger partial charge >= 0.3 is 0 Å². The predicted octanol–water partition coefficient (Wildman–Crippen LogP) is 4.56. The zero-order valence-electron chi connectivity index (χ0n) is 13.8. The maximum Gasteiger partial charge on any atom is 0.256 e. The Morgan fingerprint density at radius 2 is 1.36 bits per heavy atom. The van der Waals surface area contributed by atoms with Crippen molar-refractivity contribution in [2.24, 2.45) is 0 Å². The highest BCUT2D eigenvalue weighted by molar-refractivity contribution is 6.09. The second kappa shape index (κ2) is 7.45. The second-order valence-electron chi connectivity index (χ2n) is 5.63. The Balaban J connectivity index is 1.87. The molecule has 2 amide bonds. The molecule has 0 saturated carbocycles. The van der Waals surface area contributed by atoms with Gasteiger partial charge in [-0.2, -0.15) is 0 Å². The topological polar surface area (TPSA) is 58.2 Å². The van der Waals surface area contributed by atoms with Crippen LogP contribution in [0.2, 0.25) is 0 Å². The third-order valence-electron chi connectivity index (χ3n) is 3.70. The van der Waals surface area contributed by atoms with Crippen molar-refractivity contribution in [2.75, 3.05) is 10.6 Å². The highest BCUT2D eigenvalue weighted by Crippen LogP contribution is 2.24. The molecule has 0 bridgehead atoms. The number of rotatable bonds is 4. The smallest absolute Gasteiger partial charge is 0.256 e. The number of hydrogen-bond donors (Lipinski definition) is 2. The maximum atomic E-state index is 12.7. The lowest BCUT2D eigenvalue weighted by Gasteiger charge is -2.11. The third-order valence-corrected chi connectivity index (χ3v) is 3.70. The van der Waals surface area contributed by atoms with Crippen LogP contribution in [-0.2, 0) is 4.79 Å². The molecular weight excluding hydrogens is 312 g/mol. The van der Waals surface area contributed by atoms with Gasteiger partial charge in [-0.05, 0) is 35.4 Å². The molecule has 0 radical (unpaired) electrons. The van der Waals surface area contributed by atoms with Gasteiger partial charge in [0.15, 0.2) is 0 Å². The number of hydrogen-bond acceptors (Lipinski definition) is 2. The average Bonchev–Trinajstić information content (AvgIpc) is 2.62. The molecule has 25 heavy (non-hydrogen) atoms. The minimum absolute atomic E-state index is 0.155. The van der Waals surface area contributed by atoms with Crippen LogP contribution in [0.3, 0.4) is 0 Å². The molecule has 3 rings (SSSR count). The van der Waals surface area contributed by atoms with E-state index in [1.54, 1.807) is 30.3 Å². The van der Waals surface area contributed by atoms with E-state index in [0.717, 1.165) is 11.1 Å². The van der Waals surface area contributed by atoms with Gasteiger partial charge in [0, 0.05) is 23.9 Å². The summed E-state index contributed by atoms with van der Waals surface area (Å²) in [7, 11) is 0. The Morgan fingerprint density at radius 1 is 0.720 bits per heavy atom. The molecule has 4 heteroatoms. The Bertz CT molecular complexity index is 905. The molecule has 0 unspecified atom stereocenters. The molecule has 2 N–H and O–H groups in total. The molecule has 4 nitrogen and oxygen atoms in total. The summed E-state index contributed by atoms with van der Waals surface area (Å²) in [6.45, 7) is 1.45. The van der Waals surface area contributed by atoms with Gasteiger partial charge in [-0.3, -0.25) is 9.59 Å². The molecule has 0 heterocycles. The van der Waals surface area contributed by atoms with Crippen LogP contribution in [0.5, 0.6) is 0 Å². The number of carbonyl (C=O) groups is 2. The Kier molecular flexibility index (Phi) is 4.90. The number of carbonyl (C=O) groups excluding carboxylic acids is 2. The van der Waals surface area contributed by atoms with Gasteiger partial charge in [0.05, 0.1) is 0 Å². The van der Waals surface area contributed by atoms with E-state index in [0.29, 0.717) is 16.9 Å². The van der Waals surface area contributed by atoms with Gasteiger partial charge in [-0.15, -0.1) is 0 Å². The number of anilines is 2. The summed E-state index contributed by atoms with van der Waals surface area (Å²) >= 11 is 0. The van der Waals surface area contributed by atoms with Crippen molar-refractivity contribution < 1.29 is 9.59 Å². The molecule has 0 saturated heterocycles. The summed E-state index contributed by atoms with van der Waals surface area (Å²) in [5.41, 5.74) is 3.72. The molecule has 0 atom stereocenters. The minimum Gasteiger partial charge on any atom is -0.326 e. The van der Waals surface area contributed by atoms with Gasteiger partial charge < -0.3 is 10.6 Å². The number of nitrogens with one attached hydrogen (secondary N) is 2. The standard InChI is InChI=1S/C21H18N2O2/c1-15(24)22-17-10-7-11-18(14-17)23-21(25)20-13-6-5-12-19(20)16-8-3-2-4-9-16/h2-14H,1H3,(H,22,24)(H,23,25). The summed E-state index contributed by atoms with van der Waals surface area (Å²) in [6.07, 6.45) is 0. The van der Waals surface area contributed by atoms with Gasteiger partial charge in [0.2, 0.25) is 5.91 Å². The first-order chi connectivity index (χ1) is 12.1. The van der Waals surface area contributed by atoms with E-state index in [2.05, 4.69) is 10.6 Å².